The van der Waals surface area contributed by atoms with Gasteiger partial charge in [0.15, 0.2) is 0 Å². The normalized spacial score (nSPS) is 17.6. The lowest BCUT2D eigenvalue weighted by molar-refractivity contribution is 0.248. The molecule has 90 valence electrons. The number of rotatable bonds is 0. The van der Waals surface area contributed by atoms with Crippen LogP contribution in [0.1, 0.15) is 18.4 Å². The second-order valence-corrected chi connectivity index (χ2v) is 4.72. The Labute approximate surface area is 106 Å². The van der Waals surface area contributed by atoms with E-state index < -0.39 is 5.82 Å². The average molecular weight is 253 g/mol. The van der Waals surface area contributed by atoms with Crippen LogP contribution in [0, 0.1) is 23.6 Å². The van der Waals surface area contributed by atoms with E-state index >= 15 is 0 Å². The first-order valence-corrected chi connectivity index (χ1v) is 6.04. The van der Waals surface area contributed by atoms with Crippen LogP contribution in [0.4, 0.5) is 4.39 Å². The van der Waals surface area contributed by atoms with Crippen molar-refractivity contribution in [2.75, 3.05) is 20.1 Å². The highest BCUT2D eigenvalue weighted by Crippen LogP contribution is 2.15. The van der Waals surface area contributed by atoms with Gasteiger partial charge >= 0.3 is 0 Å². The fraction of sp³-hybridized carbons (Fsp3) is 0.462. The molecule has 1 aliphatic rings. The maximum atomic E-state index is 13.4. The van der Waals surface area contributed by atoms with Gasteiger partial charge < -0.3 is 4.90 Å². The van der Waals surface area contributed by atoms with Crippen LogP contribution in [0.25, 0.3) is 0 Å². The van der Waals surface area contributed by atoms with Crippen LogP contribution in [0.3, 0.4) is 0 Å². The van der Waals surface area contributed by atoms with Crippen LogP contribution in [0.2, 0.25) is 5.15 Å². The van der Waals surface area contributed by atoms with Gasteiger partial charge in [-0.1, -0.05) is 23.4 Å². The maximum Gasteiger partial charge on any atom is 0.143 e. The number of likely N-dealkylation sites (tertiary alicyclic amines) is 1. The summed E-state index contributed by atoms with van der Waals surface area (Å²) in [5.74, 6) is 5.94. The molecule has 1 saturated heterocycles. The van der Waals surface area contributed by atoms with Crippen molar-refractivity contribution < 1.29 is 4.39 Å². The van der Waals surface area contributed by atoms with E-state index in [1.807, 2.05) is 0 Å². The summed E-state index contributed by atoms with van der Waals surface area (Å²) in [6.07, 6.45) is 3.48. The summed E-state index contributed by atoms with van der Waals surface area (Å²) in [6.45, 7) is 2.11. The third-order valence-corrected chi connectivity index (χ3v) is 3.16. The Bertz CT molecular complexity index is 456. The fourth-order valence-corrected chi connectivity index (χ4v) is 1.98. The van der Waals surface area contributed by atoms with E-state index in [2.05, 4.69) is 28.8 Å². The monoisotopic (exact) mass is 252 g/mol. The van der Waals surface area contributed by atoms with Gasteiger partial charge in [0.25, 0.3) is 0 Å². The van der Waals surface area contributed by atoms with Crippen LogP contribution in [-0.2, 0) is 0 Å². The van der Waals surface area contributed by atoms with Gasteiger partial charge in [0.05, 0.1) is 5.56 Å². The summed E-state index contributed by atoms with van der Waals surface area (Å²) >= 11 is 5.58. The van der Waals surface area contributed by atoms with Gasteiger partial charge in [0.1, 0.15) is 11.0 Å². The van der Waals surface area contributed by atoms with Crippen LogP contribution in [0.5, 0.6) is 0 Å². The average Bonchev–Trinajstić information content (AvgIpc) is 2.30. The number of piperidine rings is 1. The van der Waals surface area contributed by atoms with Gasteiger partial charge in [-0.05, 0) is 33.0 Å². The summed E-state index contributed by atoms with van der Waals surface area (Å²) in [5.41, 5.74) is 0.327. The molecule has 0 aromatic carbocycles. The predicted molar refractivity (Wildman–Crippen MR) is 66.3 cm³/mol. The van der Waals surface area contributed by atoms with Crippen molar-refractivity contribution in [2.24, 2.45) is 5.92 Å². The molecule has 0 radical (unpaired) electrons. The molecule has 0 spiro atoms. The Morgan fingerprint density at radius 2 is 2.18 bits per heavy atom. The lowest BCUT2D eigenvalue weighted by Crippen LogP contribution is -2.29. The number of nitrogens with zero attached hydrogens (tertiary/aromatic N) is 2. The first-order valence-electron chi connectivity index (χ1n) is 5.66. The molecule has 0 N–H and O–H groups in total. The highest BCUT2D eigenvalue weighted by atomic mass is 35.5. The molecule has 1 fully saturated rings. The van der Waals surface area contributed by atoms with Crippen LogP contribution in [0.15, 0.2) is 12.3 Å². The van der Waals surface area contributed by atoms with E-state index in [0.29, 0.717) is 11.5 Å². The van der Waals surface area contributed by atoms with Crippen LogP contribution < -0.4 is 0 Å². The van der Waals surface area contributed by atoms with E-state index in [9.17, 15) is 4.39 Å². The molecule has 2 heterocycles. The number of hydrogen-bond acceptors (Lipinski definition) is 2. The Kier molecular flexibility index (Phi) is 3.98. The summed E-state index contributed by atoms with van der Waals surface area (Å²) in [7, 11) is 2.10. The molecule has 0 unspecified atom stereocenters. The van der Waals surface area contributed by atoms with Crippen molar-refractivity contribution in [3.8, 4) is 11.8 Å². The zero-order valence-corrected chi connectivity index (χ0v) is 10.5. The zero-order chi connectivity index (χ0) is 12.3. The second kappa shape index (κ2) is 5.48. The van der Waals surface area contributed by atoms with E-state index in [1.54, 1.807) is 0 Å². The van der Waals surface area contributed by atoms with Crippen LogP contribution in [-0.4, -0.2) is 30.0 Å². The fourth-order valence-electron chi connectivity index (χ4n) is 1.83. The highest BCUT2D eigenvalue weighted by molar-refractivity contribution is 6.29. The molecule has 1 aromatic heterocycles. The first-order chi connectivity index (χ1) is 8.15. The molecule has 2 nitrogen and oxygen atoms in total. The van der Waals surface area contributed by atoms with Gasteiger partial charge in [-0.25, -0.2) is 9.37 Å². The molecular weight excluding hydrogens is 239 g/mol. The third-order valence-electron chi connectivity index (χ3n) is 2.95. The van der Waals surface area contributed by atoms with E-state index in [1.165, 1.54) is 12.3 Å². The van der Waals surface area contributed by atoms with Crippen molar-refractivity contribution in [2.45, 2.75) is 12.8 Å². The summed E-state index contributed by atoms with van der Waals surface area (Å²) in [5, 5.41) is 0.160. The zero-order valence-electron chi connectivity index (χ0n) is 9.71. The minimum atomic E-state index is -0.398. The number of hydrogen-bond donors (Lipinski definition) is 0. The lowest BCUT2D eigenvalue weighted by atomic mass is 9.97. The van der Waals surface area contributed by atoms with E-state index in [-0.39, 0.29) is 5.15 Å². The van der Waals surface area contributed by atoms with Gasteiger partial charge in [-0.3, -0.25) is 0 Å². The summed E-state index contributed by atoms with van der Waals surface area (Å²) in [4.78, 5) is 6.11. The molecule has 1 aromatic rings. The van der Waals surface area contributed by atoms with Gasteiger partial charge in [-0.15, -0.1) is 0 Å². The van der Waals surface area contributed by atoms with Gasteiger partial charge in [0.2, 0.25) is 0 Å². The lowest BCUT2D eigenvalue weighted by Gasteiger charge is -2.25. The molecule has 0 atom stereocenters. The Morgan fingerprint density at radius 1 is 1.47 bits per heavy atom. The summed E-state index contributed by atoms with van der Waals surface area (Å²) in [6, 6.07) is 1.19. The van der Waals surface area contributed by atoms with Gasteiger partial charge in [0, 0.05) is 18.2 Å². The molecule has 1 aliphatic heterocycles. The standard InChI is InChI=1S/C13H14ClFN2/c1-17-6-4-10(5-7-17)2-3-11-9-16-13(14)8-12(11)15/h8-10H,4-7H2,1H3. The van der Waals surface area contributed by atoms with Crippen molar-refractivity contribution in [3.63, 3.8) is 0 Å². The topological polar surface area (TPSA) is 16.1 Å². The quantitative estimate of drug-likeness (QED) is 0.521. The SMILES string of the molecule is CN1CCC(C#Cc2cnc(Cl)cc2F)CC1. The minimum Gasteiger partial charge on any atom is -0.306 e. The molecule has 0 bridgehead atoms. The van der Waals surface area contributed by atoms with E-state index in [4.69, 9.17) is 11.6 Å². The molecular formula is C13H14ClFN2. The van der Waals surface area contributed by atoms with Crippen molar-refractivity contribution in [1.29, 1.82) is 0 Å². The van der Waals surface area contributed by atoms with Gasteiger partial charge in [-0.2, -0.15) is 0 Å². The Morgan fingerprint density at radius 3 is 2.82 bits per heavy atom. The van der Waals surface area contributed by atoms with Crippen LogP contribution >= 0.6 is 11.6 Å². The number of pyridine rings is 1. The first kappa shape index (κ1) is 12.3. The number of halogens is 2. The molecule has 4 heteroatoms. The summed E-state index contributed by atoms with van der Waals surface area (Å²) < 4.78 is 13.4. The van der Waals surface area contributed by atoms with E-state index in [0.717, 1.165) is 25.9 Å². The molecule has 17 heavy (non-hydrogen) atoms. The smallest absolute Gasteiger partial charge is 0.143 e. The highest BCUT2D eigenvalue weighted by Gasteiger charge is 2.14. The maximum absolute atomic E-state index is 13.4. The number of aromatic nitrogens is 1. The largest absolute Gasteiger partial charge is 0.306 e. The van der Waals surface area contributed by atoms with Crippen molar-refractivity contribution >= 4 is 11.6 Å². The van der Waals surface area contributed by atoms with Crippen molar-refractivity contribution in [1.82, 2.24) is 9.88 Å². The Balaban J connectivity index is 2.05. The third kappa shape index (κ3) is 3.42. The Hall–Kier alpha value is -1.11. The molecule has 0 saturated carbocycles. The second-order valence-electron chi connectivity index (χ2n) is 4.33. The van der Waals surface area contributed by atoms with Crippen molar-refractivity contribution in [3.05, 3.63) is 28.8 Å². The molecule has 2 rings (SSSR count). The molecule has 0 amide bonds. The molecule has 0 aliphatic carbocycles. The minimum absolute atomic E-state index is 0.160. The predicted octanol–water partition coefficient (Wildman–Crippen LogP) is 2.57.